The Labute approximate surface area is 146 Å². The van der Waals surface area contributed by atoms with Crippen LogP contribution in [-0.2, 0) is 19.6 Å². The highest BCUT2D eigenvalue weighted by molar-refractivity contribution is 7.92. The highest BCUT2D eigenvalue weighted by atomic mass is 32.2. The van der Waals surface area contributed by atoms with Gasteiger partial charge in [0.1, 0.15) is 5.75 Å². The molecule has 0 bridgehead atoms. The number of cyclic esters (lactones) is 1. The number of hydrogen-bond acceptors (Lipinski definition) is 5. The number of benzene rings is 2. The van der Waals surface area contributed by atoms with Gasteiger partial charge in [-0.2, -0.15) is 0 Å². The lowest BCUT2D eigenvalue weighted by Gasteiger charge is -2.13. The van der Waals surface area contributed by atoms with Gasteiger partial charge in [0, 0.05) is 12.0 Å². The molecule has 0 spiro atoms. The van der Waals surface area contributed by atoms with Crippen molar-refractivity contribution in [1.82, 2.24) is 0 Å². The number of methoxy groups -OCH3 is 1. The van der Waals surface area contributed by atoms with Crippen LogP contribution in [0.3, 0.4) is 0 Å². The standard InChI is InChI=1S/C18H17NO5S/c1-23-17-8-7-13(11-14-9-10-24-18(14)20)12-16(17)19-25(21,22)15-5-3-2-4-6-15/h2-8,11-12,19H,9-10H2,1H3/b14-11+. The lowest BCUT2D eigenvalue weighted by molar-refractivity contribution is -0.134. The lowest BCUT2D eigenvalue weighted by Crippen LogP contribution is -2.13. The molecule has 0 radical (unpaired) electrons. The third-order valence-electron chi connectivity index (χ3n) is 3.73. The first kappa shape index (κ1) is 17.0. The highest BCUT2D eigenvalue weighted by Gasteiger charge is 2.19. The second kappa shape index (κ2) is 6.98. The van der Waals surface area contributed by atoms with Crippen molar-refractivity contribution in [2.75, 3.05) is 18.4 Å². The molecule has 1 aliphatic heterocycles. The molecule has 3 rings (SSSR count). The number of esters is 1. The highest BCUT2D eigenvalue weighted by Crippen LogP contribution is 2.29. The first-order chi connectivity index (χ1) is 12.0. The van der Waals surface area contributed by atoms with Gasteiger partial charge in [-0.3, -0.25) is 4.72 Å². The van der Waals surface area contributed by atoms with Crippen LogP contribution in [0, 0.1) is 0 Å². The Bertz CT molecular complexity index is 920. The summed E-state index contributed by atoms with van der Waals surface area (Å²) in [7, 11) is -2.28. The molecule has 0 atom stereocenters. The van der Waals surface area contributed by atoms with E-state index in [1.807, 2.05) is 0 Å². The van der Waals surface area contributed by atoms with Crippen LogP contribution in [-0.4, -0.2) is 28.1 Å². The lowest BCUT2D eigenvalue weighted by atomic mass is 10.1. The monoisotopic (exact) mass is 359 g/mol. The maximum absolute atomic E-state index is 12.5. The van der Waals surface area contributed by atoms with Crippen LogP contribution >= 0.6 is 0 Å². The summed E-state index contributed by atoms with van der Waals surface area (Å²) in [5.41, 5.74) is 1.54. The molecule has 0 saturated carbocycles. The van der Waals surface area contributed by atoms with Gasteiger partial charge in [-0.15, -0.1) is 0 Å². The van der Waals surface area contributed by atoms with Gasteiger partial charge in [0.05, 0.1) is 24.3 Å². The Morgan fingerprint density at radius 3 is 2.56 bits per heavy atom. The van der Waals surface area contributed by atoms with Crippen LogP contribution < -0.4 is 9.46 Å². The predicted octanol–water partition coefficient (Wildman–Crippen LogP) is 2.83. The van der Waals surface area contributed by atoms with Gasteiger partial charge >= 0.3 is 5.97 Å². The summed E-state index contributed by atoms with van der Waals surface area (Å²) in [6.07, 6.45) is 2.23. The predicted molar refractivity (Wildman–Crippen MR) is 93.8 cm³/mol. The van der Waals surface area contributed by atoms with Crippen LogP contribution in [0.2, 0.25) is 0 Å². The van der Waals surface area contributed by atoms with E-state index in [1.54, 1.807) is 42.5 Å². The molecule has 1 fully saturated rings. The summed E-state index contributed by atoms with van der Waals surface area (Å²) in [6, 6.07) is 13.1. The summed E-state index contributed by atoms with van der Waals surface area (Å²) in [4.78, 5) is 11.7. The Morgan fingerprint density at radius 2 is 1.92 bits per heavy atom. The molecule has 25 heavy (non-hydrogen) atoms. The molecular weight excluding hydrogens is 342 g/mol. The number of anilines is 1. The Hall–Kier alpha value is -2.80. The molecule has 0 amide bonds. The molecule has 0 aromatic heterocycles. The molecule has 130 valence electrons. The molecule has 1 saturated heterocycles. The molecule has 7 heteroatoms. The van der Waals surface area contributed by atoms with E-state index in [1.165, 1.54) is 19.2 Å². The second-order valence-electron chi connectivity index (χ2n) is 5.43. The van der Waals surface area contributed by atoms with Gasteiger partial charge in [0.2, 0.25) is 0 Å². The minimum absolute atomic E-state index is 0.153. The number of ether oxygens (including phenoxy) is 2. The minimum Gasteiger partial charge on any atom is -0.495 e. The van der Waals surface area contributed by atoms with Crippen molar-refractivity contribution in [3.05, 3.63) is 59.7 Å². The van der Waals surface area contributed by atoms with Crippen molar-refractivity contribution < 1.29 is 22.7 Å². The van der Waals surface area contributed by atoms with Crippen LogP contribution in [0.4, 0.5) is 5.69 Å². The van der Waals surface area contributed by atoms with Gasteiger partial charge in [-0.25, -0.2) is 13.2 Å². The second-order valence-corrected chi connectivity index (χ2v) is 7.12. The maximum atomic E-state index is 12.5. The molecule has 1 N–H and O–H groups in total. The van der Waals surface area contributed by atoms with Gasteiger partial charge in [-0.05, 0) is 35.9 Å². The minimum atomic E-state index is -3.74. The van der Waals surface area contributed by atoms with Crippen LogP contribution in [0.15, 0.2) is 59.0 Å². The van der Waals surface area contributed by atoms with Gasteiger partial charge in [-0.1, -0.05) is 24.3 Å². The van der Waals surface area contributed by atoms with Gasteiger partial charge in [0.25, 0.3) is 10.0 Å². The number of carbonyl (C=O) groups excluding carboxylic acids is 1. The Balaban J connectivity index is 1.95. The van der Waals surface area contributed by atoms with Crippen molar-refractivity contribution in [3.8, 4) is 5.75 Å². The van der Waals surface area contributed by atoms with Crippen molar-refractivity contribution in [3.63, 3.8) is 0 Å². The zero-order valence-corrected chi connectivity index (χ0v) is 14.4. The van der Waals surface area contributed by atoms with E-state index >= 15 is 0 Å². The van der Waals surface area contributed by atoms with E-state index in [9.17, 15) is 13.2 Å². The molecular formula is C18H17NO5S. The Kier molecular flexibility index (Phi) is 4.76. The van der Waals surface area contributed by atoms with Crippen LogP contribution in [0.1, 0.15) is 12.0 Å². The SMILES string of the molecule is COc1ccc(/C=C2\CCOC2=O)cc1NS(=O)(=O)c1ccccc1. The first-order valence-corrected chi connectivity index (χ1v) is 9.11. The Morgan fingerprint density at radius 1 is 1.16 bits per heavy atom. The van der Waals surface area contributed by atoms with Crippen LogP contribution in [0.5, 0.6) is 5.75 Å². The fraction of sp³-hybridized carbons (Fsp3) is 0.167. The molecule has 6 nitrogen and oxygen atoms in total. The smallest absolute Gasteiger partial charge is 0.334 e. The van der Waals surface area contributed by atoms with E-state index in [4.69, 9.17) is 9.47 Å². The molecule has 0 unspecified atom stereocenters. The van der Waals surface area contributed by atoms with Crippen molar-refractivity contribution >= 4 is 27.8 Å². The van der Waals surface area contributed by atoms with Crippen molar-refractivity contribution in [2.45, 2.75) is 11.3 Å². The number of carbonyl (C=O) groups is 1. The summed E-state index contributed by atoms with van der Waals surface area (Å²) in [6.45, 7) is 0.369. The van der Waals surface area contributed by atoms with Gasteiger partial charge in [0.15, 0.2) is 0 Å². The average Bonchev–Trinajstić information content (AvgIpc) is 3.00. The zero-order valence-electron chi connectivity index (χ0n) is 13.6. The molecule has 2 aromatic rings. The summed E-state index contributed by atoms with van der Waals surface area (Å²) >= 11 is 0. The van der Waals surface area contributed by atoms with E-state index in [0.717, 1.165) is 0 Å². The fourth-order valence-electron chi connectivity index (χ4n) is 2.48. The van der Waals surface area contributed by atoms with Gasteiger partial charge < -0.3 is 9.47 Å². The largest absolute Gasteiger partial charge is 0.495 e. The van der Waals surface area contributed by atoms with Crippen molar-refractivity contribution in [2.24, 2.45) is 0 Å². The first-order valence-electron chi connectivity index (χ1n) is 7.63. The van der Waals surface area contributed by atoms with Crippen LogP contribution in [0.25, 0.3) is 6.08 Å². The third kappa shape index (κ3) is 3.83. The fourth-order valence-corrected chi connectivity index (χ4v) is 3.56. The summed E-state index contributed by atoms with van der Waals surface area (Å²) < 4.78 is 37.7. The third-order valence-corrected chi connectivity index (χ3v) is 5.11. The van der Waals surface area contributed by atoms with E-state index in [2.05, 4.69) is 4.72 Å². The van der Waals surface area contributed by atoms with E-state index < -0.39 is 10.0 Å². The average molecular weight is 359 g/mol. The quantitative estimate of drug-likeness (QED) is 0.656. The van der Waals surface area contributed by atoms with Crippen molar-refractivity contribution in [1.29, 1.82) is 0 Å². The summed E-state index contributed by atoms with van der Waals surface area (Å²) in [5, 5.41) is 0. The molecule has 0 aliphatic carbocycles. The number of hydrogen-bond donors (Lipinski definition) is 1. The van der Waals surface area contributed by atoms with E-state index in [-0.39, 0.29) is 10.9 Å². The maximum Gasteiger partial charge on any atom is 0.334 e. The number of nitrogens with one attached hydrogen (secondary N) is 1. The topological polar surface area (TPSA) is 81.7 Å². The number of sulfonamides is 1. The normalized spacial score (nSPS) is 15.9. The number of rotatable bonds is 5. The molecule has 1 heterocycles. The summed E-state index contributed by atoms with van der Waals surface area (Å²) in [5.74, 6) is 0.0397. The van der Waals surface area contributed by atoms with E-state index in [0.29, 0.717) is 35.6 Å². The zero-order chi connectivity index (χ0) is 17.9. The molecule has 1 aliphatic rings. The molecule has 2 aromatic carbocycles.